The molecule has 0 spiro atoms. The number of benzene rings is 5. The fourth-order valence-electron chi connectivity index (χ4n) is 4.62. The molecule has 9 heteroatoms. The van der Waals surface area contributed by atoms with Gasteiger partial charge >= 0.3 is 40.5 Å². The smallest absolute Gasteiger partial charge is 0.339 e. The summed E-state index contributed by atoms with van der Waals surface area (Å²) in [7, 11) is -8.17. The van der Waals surface area contributed by atoms with E-state index in [1.54, 1.807) is 42.5 Å². The maximum absolute atomic E-state index is 13.8. The maximum atomic E-state index is 13.8. The number of fused-ring (bicyclic) bond motifs is 1. The second kappa shape index (κ2) is 12.5. The zero-order chi connectivity index (χ0) is 32.6. The van der Waals surface area contributed by atoms with E-state index in [4.69, 9.17) is 6.70 Å². The van der Waals surface area contributed by atoms with E-state index in [0.29, 0.717) is 10.8 Å². The van der Waals surface area contributed by atoms with Gasteiger partial charge in [0, 0.05) is 0 Å². The van der Waals surface area contributed by atoms with Gasteiger partial charge in [0.15, 0.2) is 7.14 Å². The predicted octanol–water partition coefficient (Wildman–Crippen LogP) is 5.19. The fourth-order valence-corrected chi connectivity index (χ4v) is 12.5. The van der Waals surface area contributed by atoms with Crippen molar-refractivity contribution in [1.29, 1.82) is 0 Å². The number of rotatable bonds is 8. The molecule has 0 saturated heterocycles. The van der Waals surface area contributed by atoms with Crippen LogP contribution in [0.1, 0.15) is 52.7 Å². The lowest BCUT2D eigenvalue weighted by molar-refractivity contribution is -1.03. The van der Waals surface area contributed by atoms with Gasteiger partial charge < -0.3 is 4.18 Å². The molecule has 0 heterocycles. The number of hydrogen-bond donors (Lipinski definition) is 0. The minimum absolute atomic E-state index is 0.0282. The van der Waals surface area contributed by atoms with Gasteiger partial charge in [-0.15, -0.1) is 0 Å². The van der Waals surface area contributed by atoms with Gasteiger partial charge in [0.05, 0.1) is 4.90 Å². The lowest BCUT2D eigenvalue weighted by Crippen LogP contribution is -3.85. The average molecular weight is 757 g/mol. The summed E-state index contributed by atoms with van der Waals surface area (Å²) in [6.45, 7) is 12.8. The van der Waals surface area contributed by atoms with E-state index >= 15 is 0 Å². The van der Waals surface area contributed by atoms with Crippen LogP contribution in [0.3, 0.4) is 0 Å². The normalized spacial score (nSPS) is 12.9. The first kappa shape index (κ1) is 33.1. The van der Waals surface area contributed by atoms with Gasteiger partial charge in [-0.25, -0.2) is 0 Å². The van der Waals surface area contributed by atoms with Crippen molar-refractivity contribution in [3.05, 3.63) is 134 Å². The molecule has 0 N–H and O–H groups in total. The molecule has 235 valence electrons. The third-order valence-corrected chi connectivity index (χ3v) is 15.9. The van der Waals surface area contributed by atoms with Crippen LogP contribution < -0.4 is 24.4 Å². The first-order chi connectivity index (χ1) is 21.0. The van der Waals surface area contributed by atoms with Crippen molar-refractivity contribution < 1.29 is 43.8 Å². The van der Waals surface area contributed by atoms with E-state index in [0.717, 1.165) is 18.3 Å². The molecule has 6 nitrogen and oxygen atoms in total. The van der Waals surface area contributed by atoms with Crippen LogP contribution in [-0.4, -0.2) is 16.8 Å². The van der Waals surface area contributed by atoms with Crippen LogP contribution in [0.5, 0.6) is 5.75 Å². The Bertz CT molecular complexity index is 1970. The van der Waals surface area contributed by atoms with Crippen LogP contribution in [0.25, 0.3) is 10.8 Å². The van der Waals surface area contributed by atoms with Gasteiger partial charge in [0.1, 0.15) is 10.6 Å². The molecule has 0 atom stereocenters. The third kappa shape index (κ3) is 7.77. The van der Waals surface area contributed by atoms with E-state index < -0.39 is 40.5 Å². The molecule has 5 aromatic rings. The molecule has 0 fully saturated rings. The summed E-state index contributed by atoms with van der Waals surface area (Å²) in [4.78, 5) is 0.0736. The first-order valence-electron chi connectivity index (χ1n) is 14.4. The summed E-state index contributed by atoms with van der Waals surface area (Å²) in [6.07, 6.45) is 0. The Hall–Kier alpha value is -3.25. The highest BCUT2D eigenvalue weighted by atomic mass is 127. The lowest BCUT2D eigenvalue weighted by Gasteiger charge is -2.19. The van der Waals surface area contributed by atoms with Crippen molar-refractivity contribution in [2.75, 3.05) is 0 Å². The largest absolute Gasteiger partial charge is 0.379 e. The molecule has 0 saturated carbocycles. The SMILES string of the molecule is CC(C)(C)c1ccc([I+](OS(=O)(=O)c2ccc3cc(OS(=O)(=O)c4ccccc4)ccc3c2)c2ccc(C(C)(C)C)cc2)cc1. The summed E-state index contributed by atoms with van der Waals surface area (Å²) >= 11 is -2.93. The quantitative estimate of drug-likeness (QED) is 0.160. The molecule has 1 radical (unpaired) electrons. The Kier molecular flexibility index (Phi) is 9.21. The van der Waals surface area contributed by atoms with Crippen LogP contribution in [-0.2, 0) is 33.6 Å². The molecule has 0 aliphatic carbocycles. The third-order valence-electron chi connectivity index (χ3n) is 7.27. The second-order valence-electron chi connectivity index (χ2n) is 12.8. The van der Waals surface area contributed by atoms with E-state index in [1.165, 1.54) is 24.3 Å². The molecule has 0 aliphatic rings. The number of hydrogen-bond acceptors (Lipinski definition) is 6. The van der Waals surface area contributed by atoms with Crippen LogP contribution in [0, 0.1) is 7.14 Å². The monoisotopic (exact) mass is 756 g/mol. The second-order valence-corrected chi connectivity index (χ2v) is 20.8. The van der Waals surface area contributed by atoms with Crippen molar-refractivity contribution >= 4 is 31.0 Å². The van der Waals surface area contributed by atoms with Gasteiger partial charge in [-0.05, 0) is 95.9 Å². The van der Waals surface area contributed by atoms with Crippen molar-refractivity contribution in [3.8, 4) is 5.75 Å². The summed E-state index contributed by atoms with van der Waals surface area (Å²) < 4.78 is 66.2. The Morgan fingerprint density at radius 1 is 0.511 bits per heavy atom. The topological polar surface area (TPSA) is 86.7 Å². The van der Waals surface area contributed by atoms with Crippen molar-refractivity contribution in [1.82, 2.24) is 0 Å². The molecule has 0 bridgehead atoms. The van der Waals surface area contributed by atoms with Gasteiger partial charge in [-0.2, -0.15) is 16.8 Å². The van der Waals surface area contributed by atoms with Crippen LogP contribution >= 0.6 is 0 Å². The molecule has 0 aliphatic heterocycles. The maximum Gasteiger partial charge on any atom is 0.339 e. The average Bonchev–Trinajstić information content (AvgIpc) is 2.99. The molecule has 0 unspecified atom stereocenters. The molecule has 5 rings (SSSR count). The highest BCUT2D eigenvalue weighted by Gasteiger charge is 2.38. The minimum Gasteiger partial charge on any atom is -0.379 e. The van der Waals surface area contributed by atoms with Gasteiger partial charge in [0.2, 0.25) is 0 Å². The van der Waals surface area contributed by atoms with Crippen molar-refractivity contribution in [3.63, 3.8) is 0 Å². The molecule has 0 aromatic heterocycles. The molecule has 45 heavy (non-hydrogen) atoms. The number of halogens is 1. The summed E-state index contributed by atoms with van der Waals surface area (Å²) in [5.41, 5.74) is 2.23. The molecular formula is C36H37IO6S2+. The van der Waals surface area contributed by atoms with E-state index in [9.17, 15) is 16.8 Å². The minimum atomic E-state index is -4.16. The molecule has 5 aromatic carbocycles. The summed E-state index contributed by atoms with van der Waals surface area (Å²) in [5.74, 6) is 0.129. The summed E-state index contributed by atoms with van der Waals surface area (Å²) in [6, 6.07) is 33.4. The highest BCUT2D eigenvalue weighted by molar-refractivity contribution is 7.87. The van der Waals surface area contributed by atoms with Crippen LogP contribution in [0.4, 0.5) is 0 Å². The van der Waals surface area contributed by atoms with Crippen LogP contribution in [0.2, 0.25) is 0 Å². The Balaban J connectivity index is 1.46. The standard InChI is InChI=1S/C36H37IO6S2/c1-35(2,3)28-14-18-30(19-15-28)37(31-20-16-29(17-21-31)36(4,5)6)43-45(40,41)34-23-13-26-24-32(22-12-27(26)25-34)42-44(38,39)33-10-8-7-9-11-33/h7-25H,1-6H3/q+1. The fraction of sp³-hybridized carbons (Fsp3) is 0.222. The molecular weight excluding hydrogens is 719 g/mol. The van der Waals surface area contributed by atoms with Gasteiger partial charge in [0.25, 0.3) is 0 Å². The highest BCUT2D eigenvalue weighted by Crippen LogP contribution is 2.27. The molecule has 0 amide bonds. The Morgan fingerprint density at radius 2 is 1.00 bits per heavy atom. The Labute approximate surface area is 274 Å². The van der Waals surface area contributed by atoms with E-state index in [2.05, 4.69) is 41.5 Å². The van der Waals surface area contributed by atoms with Crippen LogP contribution in [0.15, 0.2) is 125 Å². The Morgan fingerprint density at radius 3 is 1.51 bits per heavy atom. The van der Waals surface area contributed by atoms with Gasteiger partial charge in [-0.1, -0.05) is 96.1 Å². The first-order valence-corrected chi connectivity index (χ1v) is 20.3. The van der Waals surface area contributed by atoms with Gasteiger partial charge in [-0.3, -0.25) is 0 Å². The zero-order valence-electron chi connectivity index (χ0n) is 26.1. The van der Waals surface area contributed by atoms with E-state index in [-0.39, 0.29) is 26.4 Å². The van der Waals surface area contributed by atoms with Crippen molar-refractivity contribution in [2.45, 2.75) is 62.2 Å². The van der Waals surface area contributed by atoms with E-state index in [1.807, 2.05) is 48.5 Å². The predicted molar refractivity (Wildman–Crippen MR) is 174 cm³/mol. The zero-order valence-corrected chi connectivity index (χ0v) is 29.9. The summed E-state index contributed by atoms with van der Waals surface area (Å²) in [5, 5.41) is 1.23. The lowest BCUT2D eigenvalue weighted by atomic mass is 9.87. The van der Waals surface area contributed by atoms with Crippen molar-refractivity contribution in [2.24, 2.45) is 0 Å².